The first-order valence-corrected chi connectivity index (χ1v) is 9.84. The molecule has 0 aromatic heterocycles. The molecule has 27 heavy (non-hydrogen) atoms. The zero-order valence-corrected chi connectivity index (χ0v) is 16.5. The molecule has 0 heterocycles. The highest BCUT2D eigenvalue weighted by molar-refractivity contribution is 5.81. The lowest BCUT2D eigenvalue weighted by atomic mass is 9.92. The second-order valence-electron chi connectivity index (χ2n) is 7.12. The molecule has 0 saturated carbocycles. The van der Waals surface area contributed by atoms with E-state index in [-0.39, 0.29) is 11.9 Å². The van der Waals surface area contributed by atoms with E-state index in [1.54, 1.807) is 7.11 Å². The number of carbonyl (C=O) groups excluding carboxylic acids is 1. The van der Waals surface area contributed by atoms with E-state index in [0.29, 0.717) is 6.42 Å². The second kappa shape index (κ2) is 8.94. The van der Waals surface area contributed by atoms with Crippen molar-refractivity contribution in [3.05, 3.63) is 59.2 Å². The molecule has 0 saturated heterocycles. The van der Waals surface area contributed by atoms with Gasteiger partial charge in [-0.05, 0) is 68.4 Å². The molecular weight excluding hydrogens is 338 g/mol. The second-order valence-corrected chi connectivity index (χ2v) is 7.12. The summed E-state index contributed by atoms with van der Waals surface area (Å²) in [5, 5.41) is 3.06. The summed E-state index contributed by atoms with van der Waals surface area (Å²) in [5.41, 5.74) is 3.73. The Balaban J connectivity index is 1.67. The fourth-order valence-corrected chi connectivity index (χ4v) is 3.68. The van der Waals surface area contributed by atoms with E-state index in [9.17, 15) is 4.79 Å². The molecule has 1 aliphatic carbocycles. The van der Waals surface area contributed by atoms with Crippen molar-refractivity contribution in [2.75, 3.05) is 7.11 Å². The van der Waals surface area contributed by atoms with E-state index in [1.807, 2.05) is 44.2 Å². The van der Waals surface area contributed by atoms with Crippen molar-refractivity contribution in [3.8, 4) is 11.5 Å². The first-order chi connectivity index (χ1) is 13.1. The molecule has 0 aliphatic heterocycles. The molecule has 0 radical (unpaired) electrons. The van der Waals surface area contributed by atoms with Gasteiger partial charge in [0.15, 0.2) is 6.10 Å². The Morgan fingerprint density at radius 3 is 2.59 bits per heavy atom. The minimum absolute atomic E-state index is 0.103. The van der Waals surface area contributed by atoms with Crippen LogP contribution in [0.25, 0.3) is 0 Å². The first kappa shape index (κ1) is 19.3. The molecule has 2 aromatic carbocycles. The Morgan fingerprint density at radius 1 is 1.11 bits per heavy atom. The lowest BCUT2D eigenvalue weighted by Crippen LogP contribution is -2.39. The standard InChI is InChI=1S/C23H29NO3/c1-4-21(27-19-14-13-17-9-5-6-10-18(17)15-19)23(25)24-16(2)20-11-7-8-12-22(20)26-3/h7-8,11-16,21H,4-6,9-10H2,1-3H3,(H,24,25)/t16-,21+/m0/s1. The summed E-state index contributed by atoms with van der Waals surface area (Å²) >= 11 is 0. The van der Waals surface area contributed by atoms with Crippen LogP contribution in [0, 0.1) is 0 Å². The van der Waals surface area contributed by atoms with E-state index in [2.05, 4.69) is 17.4 Å². The minimum atomic E-state index is -0.510. The number of fused-ring (bicyclic) bond motifs is 1. The number of rotatable bonds is 7. The van der Waals surface area contributed by atoms with Gasteiger partial charge in [-0.3, -0.25) is 4.79 Å². The van der Waals surface area contributed by atoms with Crippen molar-refractivity contribution in [2.24, 2.45) is 0 Å². The number of ether oxygens (including phenoxy) is 2. The Kier molecular flexibility index (Phi) is 6.38. The largest absolute Gasteiger partial charge is 0.496 e. The summed E-state index contributed by atoms with van der Waals surface area (Å²) < 4.78 is 11.4. The number of amides is 1. The molecule has 2 aromatic rings. The number of aryl methyl sites for hydroxylation is 2. The summed E-state index contributed by atoms with van der Waals surface area (Å²) in [6.07, 6.45) is 4.83. The quantitative estimate of drug-likeness (QED) is 0.777. The van der Waals surface area contributed by atoms with Crippen molar-refractivity contribution in [2.45, 2.75) is 58.1 Å². The molecule has 1 N–H and O–H groups in total. The number of hydrogen-bond acceptors (Lipinski definition) is 3. The Hall–Kier alpha value is -2.49. The van der Waals surface area contributed by atoms with Gasteiger partial charge in [-0.25, -0.2) is 0 Å². The highest BCUT2D eigenvalue weighted by Gasteiger charge is 2.22. The fraction of sp³-hybridized carbons (Fsp3) is 0.435. The van der Waals surface area contributed by atoms with Crippen LogP contribution in [0.2, 0.25) is 0 Å². The molecule has 0 fully saturated rings. The predicted octanol–water partition coefficient (Wildman–Crippen LogP) is 4.61. The van der Waals surface area contributed by atoms with Crippen molar-refractivity contribution >= 4 is 5.91 Å². The smallest absolute Gasteiger partial charge is 0.261 e. The van der Waals surface area contributed by atoms with Gasteiger partial charge in [0.2, 0.25) is 0 Å². The van der Waals surface area contributed by atoms with Gasteiger partial charge in [-0.1, -0.05) is 31.2 Å². The van der Waals surface area contributed by atoms with Crippen LogP contribution in [0.4, 0.5) is 0 Å². The summed E-state index contributed by atoms with van der Waals surface area (Å²) in [4.78, 5) is 12.8. The zero-order valence-electron chi connectivity index (χ0n) is 16.5. The van der Waals surface area contributed by atoms with Crippen LogP contribution < -0.4 is 14.8 Å². The van der Waals surface area contributed by atoms with Crippen LogP contribution in [-0.4, -0.2) is 19.1 Å². The zero-order chi connectivity index (χ0) is 19.2. The average molecular weight is 367 g/mol. The Bertz CT molecular complexity index is 787. The van der Waals surface area contributed by atoms with Crippen LogP contribution >= 0.6 is 0 Å². The third-order valence-electron chi connectivity index (χ3n) is 5.23. The van der Waals surface area contributed by atoms with Gasteiger partial charge in [-0.15, -0.1) is 0 Å². The van der Waals surface area contributed by atoms with Gasteiger partial charge in [0.05, 0.1) is 13.2 Å². The van der Waals surface area contributed by atoms with Gasteiger partial charge in [0.1, 0.15) is 11.5 Å². The maximum Gasteiger partial charge on any atom is 0.261 e. The Morgan fingerprint density at radius 2 is 1.85 bits per heavy atom. The molecule has 2 atom stereocenters. The topological polar surface area (TPSA) is 47.6 Å². The Labute approximate surface area is 161 Å². The number of para-hydroxylation sites is 1. The molecule has 4 nitrogen and oxygen atoms in total. The third kappa shape index (κ3) is 4.62. The number of benzene rings is 2. The molecule has 3 rings (SSSR count). The fourth-order valence-electron chi connectivity index (χ4n) is 3.68. The lowest BCUT2D eigenvalue weighted by Gasteiger charge is -2.23. The van der Waals surface area contributed by atoms with Gasteiger partial charge in [-0.2, -0.15) is 0 Å². The molecule has 0 spiro atoms. The van der Waals surface area contributed by atoms with Crippen LogP contribution in [0.1, 0.15) is 55.8 Å². The molecule has 0 unspecified atom stereocenters. The van der Waals surface area contributed by atoms with E-state index >= 15 is 0 Å². The van der Waals surface area contributed by atoms with Gasteiger partial charge < -0.3 is 14.8 Å². The van der Waals surface area contributed by atoms with Crippen LogP contribution in [0.15, 0.2) is 42.5 Å². The predicted molar refractivity (Wildman–Crippen MR) is 107 cm³/mol. The number of nitrogens with one attached hydrogen (secondary N) is 1. The number of carbonyl (C=O) groups is 1. The highest BCUT2D eigenvalue weighted by atomic mass is 16.5. The minimum Gasteiger partial charge on any atom is -0.496 e. The molecule has 4 heteroatoms. The SMILES string of the molecule is CC[C@@H](Oc1ccc2c(c1)CCCC2)C(=O)N[C@@H](C)c1ccccc1OC. The van der Waals surface area contributed by atoms with E-state index in [4.69, 9.17) is 9.47 Å². The van der Waals surface area contributed by atoms with E-state index < -0.39 is 6.10 Å². The van der Waals surface area contributed by atoms with Crippen molar-refractivity contribution in [1.29, 1.82) is 0 Å². The molecule has 1 aliphatic rings. The maximum absolute atomic E-state index is 12.8. The molecule has 144 valence electrons. The van der Waals surface area contributed by atoms with Crippen LogP contribution in [-0.2, 0) is 17.6 Å². The number of hydrogen-bond donors (Lipinski definition) is 1. The first-order valence-electron chi connectivity index (χ1n) is 9.84. The summed E-state index contributed by atoms with van der Waals surface area (Å²) in [6.45, 7) is 3.93. The summed E-state index contributed by atoms with van der Waals surface area (Å²) in [5.74, 6) is 1.45. The summed E-state index contributed by atoms with van der Waals surface area (Å²) in [6, 6.07) is 13.8. The average Bonchev–Trinajstić information content (AvgIpc) is 2.71. The lowest BCUT2D eigenvalue weighted by molar-refractivity contribution is -0.128. The number of methoxy groups -OCH3 is 1. The van der Waals surface area contributed by atoms with Crippen molar-refractivity contribution in [3.63, 3.8) is 0 Å². The van der Waals surface area contributed by atoms with Gasteiger partial charge in [0.25, 0.3) is 5.91 Å². The van der Waals surface area contributed by atoms with Gasteiger partial charge >= 0.3 is 0 Å². The van der Waals surface area contributed by atoms with E-state index in [0.717, 1.165) is 29.9 Å². The van der Waals surface area contributed by atoms with Crippen LogP contribution in [0.5, 0.6) is 11.5 Å². The van der Waals surface area contributed by atoms with Crippen molar-refractivity contribution < 1.29 is 14.3 Å². The monoisotopic (exact) mass is 367 g/mol. The molecule has 0 bridgehead atoms. The van der Waals surface area contributed by atoms with E-state index in [1.165, 1.54) is 24.0 Å². The van der Waals surface area contributed by atoms with Crippen LogP contribution in [0.3, 0.4) is 0 Å². The molecular formula is C23H29NO3. The van der Waals surface area contributed by atoms with Crippen molar-refractivity contribution in [1.82, 2.24) is 5.32 Å². The van der Waals surface area contributed by atoms with Gasteiger partial charge in [0, 0.05) is 5.56 Å². The normalized spacial score (nSPS) is 15.4. The summed E-state index contributed by atoms with van der Waals surface area (Å²) in [7, 11) is 1.64. The molecule has 1 amide bonds. The third-order valence-corrected chi connectivity index (χ3v) is 5.23. The highest BCUT2D eigenvalue weighted by Crippen LogP contribution is 2.27. The maximum atomic E-state index is 12.8.